The van der Waals surface area contributed by atoms with Crippen molar-refractivity contribution in [2.75, 3.05) is 26.2 Å². The van der Waals surface area contributed by atoms with Crippen LogP contribution in [0, 0.1) is 5.41 Å². The third-order valence-corrected chi connectivity index (χ3v) is 4.60. The minimum atomic E-state index is 0.632. The summed E-state index contributed by atoms with van der Waals surface area (Å²) in [5.74, 6) is 0. The van der Waals surface area contributed by atoms with Gasteiger partial charge in [-0.2, -0.15) is 0 Å². The van der Waals surface area contributed by atoms with Gasteiger partial charge in [-0.05, 0) is 50.6 Å². The fraction of sp³-hybridized carbons (Fsp3) is 1.00. The second-order valence-corrected chi connectivity index (χ2v) is 6.55. The van der Waals surface area contributed by atoms with Crippen molar-refractivity contribution >= 4 is 0 Å². The zero-order valence-electron chi connectivity index (χ0n) is 11.8. The lowest BCUT2D eigenvalue weighted by molar-refractivity contribution is 0.125. The van der Waals surface area contributed by atoms with E-state index >= 15 is 0 Å². The third kappa shape index (κ3) is 3.96. The van der Waals surface area contributed by atoms with Gasteiger partial charge in [0.05, 0.1) is 0 Å². The fourth-order valence-corrected chi connectivity index (χ4v) is 3.64. The second kappa shape index (κ2) is 6.19. The monoisotopic (exact) mass is 238 g/mol. The van der Waals surface area contributed by atoms with E-state index in [0.29, 0.717) is 5.41 Å². The van der Waals surface area contributed by atoms with E-state index in [2.05, 4.69) is 24.1 Å². The molecule has 0 aromatic rings. The number of likely N-dealkylation sites (tertiary alicyclic amines) is 1. The molecule has 1 aliphatic heterocycles. The average molecular weight is 238 g/mol. The lowest BCUT2D eigenvalue weighted by Crippen LogP contribution is -2.48. The van der Waals surface area contributed by atoms with Gasteiger partial charge in [0.2, 0.25) is 0 Å². The summed E-state index contributed by atoms with van der Waals surface area (Å²) in [7, 11) is 0. The molecule has 17 heavy (non-hydrogen) atoms. The highest BCUT2D eigenvalue weighted by atomic mass is 15.2. The maximum Gasteiger partial charge on any atom is 0.0195 e. The summed E-state index contributed by atoms with van der Waals surface area (Å²) in [4.78, 5) is 2.72. The summed E-state index contributed by atoms with van der Waals surface area (Å²) in [6.45, 7) is 9.92. The number of nitrogens with zero attached hydrogens (tertiary/aromatic N) is 1. The van der Waals surface area contributed by atoms with Crippen LogP contribution in [0.2, 0.25) is 0 Å². The average Bonchev–Trinajstić information content (AvgIpc) is 2.73. The maximum absolute atomic E-state index is 3.70. The summed E-state index contributed by atoms with van der Waals surface area (Å²) in [5.41, 5.74) is 0.632. The highest BCUT2D eigenvalue weighted by Crippen LogP contribution is 2.38. The SMILES string of the molecule is CCCNC1CCCN(CC2(C)CCCC2)C1. The predicted octanol–water partition coefficient (Wildman–Crippen LogP) is 3.03. The van der Waals surface area contributed by atoms with Crippen LogP contribution in [0.5, 0.6) is 0 Å². The molecule has 2 aliphatic rings. The Morgan fingerprint density at radius 3 is 2.71 bits per heavy atom. The molecule has 2 rings (SSSR count). The van der Waals surface area contributed by atoms with Crippen LogP contribution in [0.25, 0.3) is 0 Å². The Labute approximate surface area is 107 Å². The summed E-state index contributed by atoms with van der Waals surface area (Å²) in [6.07, 6.45) is 9.86. The molecule has 1 N–H and O–H groups in total. The van der Waals surface area contributed by atoms with E-state index in [1.54, 1.807) is 0 Å². The quantitative estimate of drug-likeness (QED) is 0.792. The second-order valence-electron chi connectivity index (χ2n) is 6.55. The summed E-state index contributed by atoms with van der Waals surface area (Å²) >= 11 is 0. The number of piperidine rings is 1. The minimum Gasteiger partial charge on any atom is -0.313 e. The van der Waals surface area contributed by atoms with Gasteiger partial charge in [-0.25, -0.2) is 0 Å². The molecule has 0 radical (unpaired) electrons. The van der Waals surface area contributed by atoms with Crippen molar-refractivity contribution in [2.24, 2.45) is 5.41 Å². The van der Waals surface area contributed by atoms with E-state index in [-0.39, 0.29) is 0 Å². The van der Waals surface area contributed by atoms with Crippen LogP contribution in [0.1, 0.15) is 58.8 Å². The Kier molecular flexibility index (Phi) is 4.87. The number of rotatable bonds is 5. The predicted molar refractivity (Wildman–Crippen MR) is 74.3 cm³/mol. The molecule has 0 amide bonds. The smallest absolute Gasteiger partial charge is 0.0195 e. The van der Waals surface area contributed by atoms with Crippen molar-refractivity contribution in [1.82, 2.24) is 10.2 Å². The van der Waals surface area contributed by atoms with Crippen molar-refractivity contribution < 1.29 is 0 Å². The largest absolute Gasteiger partial charge is 0.313 e. The summed E-state index contributed by atoms with van der Waals surface area (Å²) in [5, 5.41) is 3.70. The van der Waals surface area contributed by atoms with Gasteiger partial charge in [0.25, 0.3) is 0 Å². The molecule has 1 heterocycles. The van der Waals surface area contributed by atoms with Gasteiger partial charge >= 0.3 is 0 Å². The minimum absolute atomic E-state index is 0.632. The van der Waals surface area contributed by atoms with Crippen LogP contribution < -0.4 is 5.32 Å². The maximum atomic E-state index is 3.70. The van der Waals surface area contributed by atoms with Crippen molar-refractivity contribution in [3.05, 3.63) is 0 Å². The van der Waals surface area contributed by atoms with Crippen molar-refractivity contribution in [2.45, 2.75) is 64.8 Å². The Morgan fingerprint density at radius 2 is 2.00 bits per heavy atom. The highest BCUT2D eigenvalue weighted by molar-refractivity contribution is 4.86. The molecule has 100 valence electrons. The lowest BCUT2D eigenvalue weighted by Gasteiger charge is -2.38. The zero-order chi connectivity index (χ0) is 12.1. The van der Waals surface area contributed by atoms with Gasteiger partial charge in [-0.15, -0.1) is 0 Å². The van der Waals surface area contributed by atoms with Crippen LogP contribution in [-0.4, -0.2) is 37.1 Å². The number of hydrogen-bond acceptors (Lipinski definition) is 2. The molecular formula is C15H30N2. The van der Waals surface area contributed by atoms with E-state index in [9.17, 15) is 0 Å². The first-order chi connectivity index (χ1) is 8.22. The van der Waals surface area contributed by atoms with Gasteiger partial charge in [0.1, 0.15) is 0 Å². The normalized spacial score (nSPS) is 29.6. The van der Waals surface area contributed by atoms with Gasteiger partial charge in [0, 0.05) is 19.1 Å². The molecule has 1 aliphatic carbocycles. The fourth-order valence-electron chi connectivity index (χ4n) is 3.64. The Bertz CT molecular complexity index is 221. The van der Waals surface area contributed by atoms with E-state index < -0.39 is 0 Å². The molecular weight excluding hydrogens is 208 g/mol. The standard InChI is InChI=1S/C15H30N2/c1-3-10-16-14-7-6-11-17(12-14)13-15(2)8-4-5-9-15/h14,16H,3-13H2,1-2H3. The van der Waals surface area contributed by atoms with E-state index in [1.807, 2.05) is 0 Å². The molecule has 2 heteroatoms. The van der Waals surface area contributed by atoms with Crippen molar-refractivity contribution in [1.29, 1.82) is 0 Å². The van der Waals surface area contributed by atoms with Crippen molar-refractivity contribution in [3.63, 3.8) is 0 Å². The molecule has 0 aromatic carbocycles. The molecule has 1 saturated heterocycles. The Balaban J connectivity index is 1.76. The zero-order valence-corrected chi connectivity index (χ0v) is 11.8. The van der Waals surface area contributed by atoms with Crippen molar-refractivity contribution in [3.8, 4) is 0 Å². The summed E-state index contributed by atoms with van der Waals surface area (Å²) in [6, 6.07) is 0.758. The first-order valence-corrected chi connectivity index (χ1v) is 7.68. The Hall–Kier alpha value is -0.0800. The van der Waals surface area contributed by atoms with Crippen LogP contribution in [-0.2, 0) is 0 Å². The van der Waals surface area contributed by atoms with Gasteiger partial charge in [-0.3, -0.25) is 0 Å². The van der Waals surface area contributed by atoms with Gasteiger partial charge < -0.3 is 10.2 Å². The topological polar surface area (TPSA) is 15.3 Å². The van der Waals surface area contributed by atoms with Crippen LogP contribution in [0.3, 0.4) is 0 Å². The molecule has 1 unspecified atom stereocenters. The van der Waals surface area contributed by atoms with Crippen LogP contribution in [0.15, 0.2) is 0 Å². The third-order valence-electron chi connectivity index (χ3n) is 4.60. The van der Waals surface area contributed by atoms with Crippen LogP contribution in [0.4, 0.5) is 0 Å². The molecule has 2 fully saturated rings. The number of hydrogen-bond donors (Lipinski definition) is 1. The first-order valence-electron chi connectivity index (χ1n) is 7.68. The molecule has 2 nitrogen and oxygen atoms in total. The molecule has 1 saturated carbocycles. The van der Waals surface area contributed by atoms with E-state index in [1.165, 1.54) is 71.1 Å². The first kappa shape index (κ1) is 13.4. The Morgan fingerprint density at radius 1 is 1.24 bits per heavy atom. The molecule has 0 aromatic heterocycles. The molecule has 0 bridgehead atoms. The van der Waals surface area contributed by atoms with Crippen LogP contribution >= 0.6 is 0 Å². The lowest BCUT2D eigenvalue weighted by atomic mass is 9.87. The molecule has 1 atom stereocenters. The van der Waals surface area contributed by atoms with Gasteiger partial charge in [0.15, 0.2) is 0 Å². The van der Waals surface area contributed by atoms with E-state index in [0.717, 1.165) is 6.04 Å². The number of nitrogens with one attached hydrogen (secondary N) is 1. The molecule has 0 spiro atoms. The van der Waals surface area contributed by atoms with E-state index in [4.69, 9.17) is 0 Å². The van der Waals surface area contributed by atoms with Gasteiger partial charge in [-0.1, -0.05) is 26.7 Å². The highest BCUT2D eigenvalue weighted by Gasteiger charge is 2.32. The summed E-state index contributed by atoms with van der Waals surface area (Å²) < 4.78 is 0.